The Bertz CT molecular complexity index is 1110. The highest BCUT2D eigenvalue weighted by molar-refractivity contribution is 6.33. The first-order chi connectivity index (χ1) is 14.9. The molecule has 2 aromatic rings. The molecule has 0 aromatic heterocycles. The highest BCUT2D eigenvalue weighted by Gasteiger charge is 2.63. The lowest BCUT2D eigenvalue weighted by Gasteiger charge is -2.30. The number of methoxy groups -OCH3 is 1. The van der Waals surface area contributed by atoms with E-state index in [2.05, 4.69) is 5.01 Å². The van der Waals surface area contributed by atoms with Crippen molar-refractivity contribution in [3.8, 4) is 5.75 Å². The standard InChI is InChI=1S/C21H19ClN4O5/c1-31-16-6-3-2-5-13(16)18-17-19(24-10-4-9-23(18)24)21(28)25(20(17)27)12-7-8-14(22)15(11-12)26(29)30/h2-3,5-8,11,17-19H,4,9-10H2,1H3/t17-,18-,19-/m1/s1. The predicted molar refractivity (Wildman–Crippen MR) is 112 cm³/mol. The van der Waals surface area contributed by atoms with E-state index >= 15 is 0 Å². The first-order valence-electron chi connectivity index (χ1n) is 9.92. The fraction of sp³-hybridized carbons (Fsp3) is 0.333. The third kappa shape index (κ3) is 2.84. The highest BCUT2D eigenvalue weighted by atomic mass is 35.5. The zero-order valence-corrected chi connectivity index (χ0v) is 17.4. The van der Waals surface area contributed by atoms with E-state index in [1.165, 1.54) is 18.2 Å². The zero-order valence-electron chi connectivity index (χ0n) is 16.6. The van der Waals surface area contributed by atoms with E-state index in [0.717, 1.165) is 23.4 Å². The smallest absolute Gasteiger partial charge is 0.289 e. The molecule has 160 valence electrons. The summed E-state index contributed by atoms with van der Waals surface area (Å²) >= 11 is 5.92. The zero-order chi connectivity index (χ0) is 21.9. The Balaban J connectivity index is 1.60. The van der Waals surface area contributed by atoms with Gasteiger partial charge < -0.3 is 4.74 Å². The molecule has 0 aliphatic carbocycles. The molecule has 10 heteroatoms. The quantitative estimate of drug-likeness (QED) is 0.408. The molecule has 2 amide bonds. The van der Waals surface area contributed by atoms with E-state index in [9.17, 15) is 19.7 Å². The second-order valence-corrected chi connectivity index (χ2v) is 8.15. The van der Waals surface area contributed by atoms with Crippen molar-refractivity contribution in [2.45, 2.75) is 18.5 Å². The van der Waals surface area contributed by atoms with Crippen molar-refractivity contribution in [2.75, 3.05) is 25.1 Å². The number of carbonyl (C=O) groups excluding carboxylic acids is 2. The number of halogens is 1. The summed E-state index contributed by atoms with van der Waals surface area (Å²) in [5.74, 6) is -0.743. The van der Waals surface area contributed by atoms with Crippen molar-refractivity contribution >= 4 is 34.8 Å². The van der Waals surface area contributed by atoms with Gasteiger partial charge in [0.25, 0.3) is 11.6 Å². The van der Waals surface area contributed by atoms with Gasteiger partial charge >= 0.3 is 0 Å². The monoisotopic (exact) mass is 442 g/mol. The molecular weight excluding hydrogens is 424 g/mol. The molecule has 3 aliphatic rings. The number of anilines is 1. The Morgan fingerprint density at radius 1 is 1.06 bits per heavy atom. The minimum absolute atomic E-state index is 0.0503. The second kappa shape index (κ2) is 7.30. The molecule has 0 spiro atoms. The molecule has 0 N–H and O–H groups in total. The number of carbonyl (C=O) groups is 2. The summed E-state index contributed by atoms with van der Waals surface area (Å²) < 4.78 is 5.54. The van der Waals surface area contributed by atoms with Crippen molar-refractivity contribution in [1.82, 2.24) is 10.0 Å². The van der Waals surface area contributed by atoms with Crippen molar-refractivity contribution in [1.29, 1.82) is 0 Å². The summed E-state index contributed by atoms with van der Waals surface area (Å²) in [5.41, 5.74) is 0.653. The largest absolute Gasteiger partial charge is 0.496 e. The van der Waals surface area contributed by atoms with Crippen LogP contribution in [-0.4, -0.2) is 53.0 Å². The summed E-state index contributed by atoms with van der Waals surface area (Å²) in [6.07, 6.45) is 0.878. The van der Waals surface area contributed by atoms with Crippen molar-refractivity contribution < 1.29 is 19.2 Å². The van der Waals surface area contributed by atoms with Gasteiger partial charge in [-0.3, -0.25) is 19.7 Å². The van der Waals surface area contributed by atoms with Gasteiger partial charge in [0.05, 0.1) is 29.7 Å². The Hall–Kier alpha value is -3.01. The van der Waals surface area contributed by atoms with Crippen LogP contribution in [0.25, 0.3) is 0 Å². The average Bonchev–Trinajstić information content (AvgIpc) is 3.40. The number of fused-ring (bicyclic) bond motifs is 3. The number of hydrazine groups is 1. The lowest BCUT2D eigenvalue weighted by atomic mass is 9.89. The van der Waals surface area contributed by atoms with Crippen molar-refractivity contribution in [3.63, 3.8) is 0 Å². The molecule has 2 aromatic carbocycles. The molecule has 3 aliphatic heterocycles. The number of nitro benzene ring substituents is 1. The molecule has 0 bridgehead atoms. The fourth-order valence-corrected chi connectivity index (χ4v) is 5.22. The van der Waals surface area contributed by atoms with Crippen LogP contribution in [0.15, 0.2) is 42.5 Å². The van der Waals surface area contributed by atoms with Gasteiger partial charge in [0.15, 0.2) is 0 Å². The molecule has 5 rings (SSSR count). The Morgan fingerprint density at radius 2 is 1.77 bits per heavy atom. The summed E-state index contributed by atoms with van der Waals surface area (Å²) in [7, 11) is 1.58. The van der Waals surface area contributed by atoms with Gasteiger partial charge in [0.2, 0.25) is 5.91 Å². The summed E-state index contributed by atoms with van der Waals surface area (Å²) in [6.45, 7) is 1.41. The number of rotatable bonds is 4. The molecule has 3 saturated heterocycles. The number of ether oxygens (including phenoxy) is 1. The number of nitro groups is 1. The second-order valence-electron chi connectivity index (χ2n) is 7.74. The first kappa shape index (κ1) is 19.9. The third-order valence-corrected chi connectivity index (χ3v) is 6.57. The van der Waals surface area contributed by atoms with Crippen molar-refractivity contribution in [2.24, 2.45) is 5.92 Å². The van der Waals surface area contributed by atoms with Crippen LogP contribution in [0.1, 0.15) is 18.0 Å². The molecular formula is C21H19ClN4O5. The predicted octanol–water partition coefficient (Wildman–Crippen LogP) is 2.79. The van der Waals surface area contributed by atoms with Crippen LogP contribution in [0.2, 0.25) is 5.02 Å². The summed E-state index contributed by atoms with van der Waals surface area (Å²) in [4.78, 5) is 38.8. The number of nitrogens with zero attached hydrogens (tertiary/aromatic N) is 4. The van der Waals surface area contributed by atoms with Crippen LogP contribution in [0.3, 0.4) is 0 Å². The average molecular weight is 443 g/mol. The SMILES string of the molecule is COc1ccccc1[C@@H]1[C@H]2C(=O)N(c3ccc(Cl)c([N+](=O)[O-])c3)C(=O)[C@@H]2N2CCCN12. The minimum Gasteiger partial charge on any atom is -0.496 e. The number of para-hydroxylation sites is 1. The van der Waals surface area contributed by atoms with Gasteiger partial charge in [0.1, 0.15) is 16.8 Å². The molecule has 3 atom stereocenters. The van der Waals surface area contributed by atoms with Gasteiger partial charge in [-0.25, -0.2) is 14.9 Å². The molecule has 31 heavy (non-hydrogen) atoms. The minimum atomic E-state index is -0.653. The normalized spacial score (nSPS) is 25.7. The molecule has 3 fully saturated rings. The van der Waals surface area contributed by atoms with Crippen LogP contribution in [0, 0.1) is 16.0 Å². The van der Waals surface area contributed by atoms with Gasteiger partial charge in [-0.2, -0.15) is 0 Å². The number of hydrogen-bond acceptors (Lipinski definition) is 7. The van der Waals surface area contributed by atoms with Crippen LogP contribution in [-0.2, 0) is 9.59 Å². The maximum Gasteiger partial charge on any atom is 0.289 e. The third-order valence-electron chi connectivity index (χ3n) is 6.25. The summed E-state index contributed by atoms with van der Waals surface area (Å²) in [5, 5.41) is 15.3. The topological polar surface area (TPSA) is 96.2 Å². The van der Waals surface area contributed by atoms with Gasteiger partial charge in [-0.05, 0) is 24.6 Å². The molecule has 0 unspecified atom stereocenters. The van der Waals surface area contributed by atoms with E-state index in [-0.39, 0.29) is 34.3 Å². The van der Waals surface area contributed by atoms with Crippen LogP contribution in [0.4, 0.5) is 11.4 Å². The lowest BCUT2D eigenvalue weighted by Crippen LogP contribution is -2.44. The Morgan fingerprint density at radius 3 is 2.48 bits per heavy atom. The van der Waals surface area contributed by atoms with Gasteiger partial charge in [0, 0.05) is 24.7 Å². The van der Waals surface area contributed by atoms with E-state index in [1.807, 2.05) is 29.3 Å². The maximum atomic E-state index is 13.6. The Kier molecular flexibility index (Phi) is 4.69. The molecule has 0 radical (unpaired) electrons. The number of amides is 2. The summed E-state index contributed by atoms with van der Waals surface area (Å²) in [6, 6.07) is 10.5. The van der Waals surface area contributed by atoms with Gasteiger partial charge in [-0.1, -0.05) is 29.8 Å². The first-order valence-corrected chi connectivity index (χ1v) is 10.3. The van der Waals surface area contributed by atoms with E-state index in [4.69, 9.17) is 16.3 Å². The Labute approximate surface area is 182 Å². The van der Waals surface area contributed by atoms with Crippen molar-refractivity contribution in [3.05, 3.63) is 63.2 Å². The molecule has 9 nitrogen and oxygen atoms in total. The molecule has 3 heterocycles. The number of hydrogen-bond donors (Lipinski definition) is 0. The lowest BCUT2D eigenvalue weighted by molar-refractivity contribution is -0.384. The molecule has 0 saturated carbocycles. The highest BCUT2D eigenvalue weighted by Crippen LogP contribution is 2.50. The number of imide groups is 1. The van der Waals surface area contributed by atoms with Crippen LogP contribution >= 0.6 is 11.6 Å². The fourth-order valence-electron chi connectivity index (χ4n) is 5.03. The van der Waals surface area contributed by atoms with E-state index in [1.54, 1.807) is 7.11 Å². The van der Waals surface area contributed by atoms with Gasteiger partial charge in [-0.15, -0.1) is 0 Å². The van der Waals surface area contributed by atoms with Crippen LogP contribution < -0.4 is 9.64 Å². The maximum absolute atomic E-state index is 13.6. The number of benzene rings is 2. The van der Waals surface area contributed by atoms with E-state index in [0.29, 0.717) is 12.3 Å². The van der Waals surface area contributed by atoms with Crippen LogP contribution in [0.5, 0.6) is 5.75 Å². The van der Waals surface area contributed by atoms with E-state index < -0.39 is 16.9 Å².